The van der Waals surface area contributed by atoms with Gasteiger partial charge in [-0.1, -0.05) is 32.4 Å². The van der Waals surface area contributed by atoms with Crippen molar-refractivity contribution in [1.82, 2.24) is 9.97 Å². The van der Waals surface area contributed by atoms with Gasteiger partial charge in [0, 0.05) is 11.0 Å². The molecular formula is C17H21ClN2O. The Labute approximate surface area is 131 Å². The molecule has 0 aliphatic heterocycles. The van der Waals surface area contributed by atoms with Gasteiger partial charge in [-0.3, -0.25) is 0 Å². The molecular weight excluding hydrogens is 284 g/mol. The molecule has 21 heavy (non-hydrogen) atoms. The number of hydrogen-bond donors (Lipinski definition) is 0. The molecule has 2 aromatic rings. The maximum Gasteiger partial charge on any atom is 0.161 e. The second-order valence-corrected chi connectivity index (χ2v) is 6.73. The lowest BCUT2D eigenvalue weighted by Gasteiger charge is -2.18. The molecule has 0 aliphatic carbocycles. The summed E-state index contributed by atoms with van der Waals surface area (Å²) in [6.45, 7) is 10.3. The fourth-order valence-electron chi connectivity index (χ4n) is 1.89. The van der Waals surface area contributed by atoms with Crippen molar-refractivity contribution in [2.45, 2.75) is 46.1 Å². The van der Waals surface area contributed by atoms with Gasteiger partial charge in [-0.25, -0.2) is 9.97 Å². The molecule has 1 aromatic heterocycles. The first-order valence-electron chi connectivity index (χ1n) is 7.08. The highest BCUT2D eigenvalue weighted by Gasteiger charge is 2.18. The molecule has 1 heterocycles. The summed E-state index contributed by atoms with van der Waals surface area (Å²) >= 11 is 6.13. The van der Waals surface area contributed by atoms with E-state index in [-0.39, 0.29) is 11.5 Å². The van der Waals surface area contributed by atoms with Crippen LogP contribution in [0.5, 0.6) is 5.75 Å². The van der Waals surface area contributed by atoms with Gasteiger partial charge in [-0.05, 0) is 44.2 Å². The van der Waals surface area contributed by atoms with Crippen LogP contribution in [-0.2, 0) is 5.41 Å². The van der Waals surface area contributed by atoms with Gasteiger partial charge in [-0.15, -0.1) is 0 Å². The molecule has 2 rings (SSSR count). The summed E-state index contributed by atoms with van der Waals surface area (Å²) in [6, 6.07) is 9.58. The zero-order valence-corrected chi connectivity index (χ0v) is 13.9. The fourth-order valence-corrected chi connectivity index (χ4v) is 2.07. The molecule has 0 saturated heterocycles. The summed E-state index contributed by atoms with van der Waals surface area (Å²) in [5.74, 6) is 1.48. The van der Waals surface area contributed by atoms with E-state index < -0.39 is 0 Å². The average molecular weight is 305 g/mol. The average Bonchev–Trinajstić information content (AvgIpc) is 2.37. The van der Waals surface area contributed by atoms with Gasteiger partial charge in [0.25, 0.3) is 0 Å². The van der Waals surface area contributed by atoms with E-state index in [4.69, 9.17) is 16.3 Å². The molecule has 4 heteroatoms. The second kappa shape index (κ2) is 6.02. The Morgan fingerprint density at radius 2 is 1.67 bits per heavy atom. The quantitative estimate of drug-likeness (QED) is 0.758. The maximum atomic E-state index is 6.13. The predicted octanol–water partition coefficient (Wildman–Crippen LogP) is 4.88. The van der Waals surface area contributed by atoms with Crippen LogP contribution in [0.1, 0.15) is 40.3 Å². The molecule has 3 nitrogen and oxygen atoms in total. The number of nitrogens with zero attached hydrogens (tertiary/aromatic N) is 2. The lowest BCUT2D eigenvalue weighted by molar-refractivity contribution is 0.242. The SMILES string of the molecule is CC(C)Oc1ccc(-c2nc(Cl)cc(C(C)(C)C)n2)cc1. The molecule has 0 atom stereocenters. The molecule has 0 fully saturated rings. The smallest absolute Gasteiger partial charge is 0.161 e. The molecule has 0 saturated carbocycles. The van der Waals surface area contributed by atoms with E-state index in [2.05, 4.69) is 30.7 Å². The van der Waals surface area contributed by atoms with Crippen LogP contribution in [0.4, 0.5) is 0 Å². The highest BCUT2D eigenvalue weighted by atomic mass is 35.5. The van der Waals surface area contributed by atoms with Gasteiger partial charge >= 0.3 is 0 Å². The number of benzene rings is 1. The van der Waals surface area contributed by atoms with Crippen LogP contribution >= 0.6 is 11.6 Å². The third kappa shape index (κ3) is 4.18. The number of halogens is 1. The third-order valence-corrected chi connectivity index (χ3v) is 3.14. The van der Waals surface area contributed by atoms with E-state index in [1.165, 1.54) is 0 Å². The van der Waals surface area contributed by atoms with Gasteiger partial charge in [0.2, 0.25) is 0 Å². The Morgan fingerprint density at radius 1 is 1.05 bits per heavy atom. The van der Waals surface area contributed by atoms with Crippen molar-refractivity contribution in [1.29, 1.82) is 0 Å². The van der Waals surface area contributed by atoms with Crippen molar-refractivity contribution >= 4 is 11.6 Å². The predicted molar refractivity (Wildman–Crippen MR) is 86.9 cm³/mol. The molecule has 0 amide bonds. The molecule has 0 aliphatic rings. The van der Waals surface area contributed by atoms with E-state index in [0.29, 0.717) is 11.0 Å². The minimum absolute atomic E-state index is 0.0674. The minimum atomic E-state index is -0.0674. The lowest BCUT2D eigenvalue weighted by Crippen LogP contribution is -2.14. The van der Waals surface area contributed by atoms with Gasteiger partial charge in [0.1, 0.15) is 10.9 Å². The van der Waals surface area contributed by atoms with E-state index in [1.807, 2.05) is 44.2 Å². The van der Waals surface area contributed by atoms with Crippen molar-refractivity contribution in [3.8, 4) is 17.1 Å². The molecule has 0 spiro atoms. The van der Waals surface area contributed by atoms with Gasteiger partial charge in [-0.2, -0.15) is 0 Å². The Hall–Kier alpha value is -1.61. The third-order valence-electron chi connectivity index (χ3n) is 2.95. The summed E-state index contributed by atoms with van der Waals surface area (Å²) in [7, 11) is 0. The molecule has 0 bridgehead atoms. The monoisotopic (exact) mass is 304 g/mol. The molecule has 0 radical (unpaired) electrons. The Bertz CT molecular complexity index is 616. The fraction of sp³-hybridized carbons (Fsp3) is 0.412. The Kier molecular flexibility index (Phi) is 4.52. The molecule has 0 N–H and O–H groups in total. The van der Waals surface area contributed by atoms with Crippen molar-refractivity contribution in [3.63, 3.8) is 0 Å². The summed E-state index contributed by atoms with van der Waals surface area (Å²) in [4.78, 5) is 8.95. The van der Waals surface area contributed by atoms with Crippen LogP contribution in [-0.4, -0.2) is 16.1 Å². The van der Waals surface area contributed by atoms with Crippen LogP contribution < -0.4 is 4.74 Å². The summed E-state index contributed by atoms with van der Waals surface area (Å²) in [5, 5.41) is 0.465. The van der Waals surface area contributed by atoms with E-state index >= 15 is 0 Å². The topological polar surface area (TPSA) is 35.0 Å². The van der Waals surface area contributed by atoms with Crippen LogP contribution in [0.15, 0.2) is 30.3 Å². The number of ether oxygens (including phenoxy) is 1. The Balaban J connectivity index is 2.35. The summed E-state index contributed by atoms with van der Waals surface area (Å²) in [6.07, 6.45) is 0.158. The number of aromatic nitrogens is 2. The minimum Gasteiger partial charge on any atom is -0.491 e. The summed E-state index contributed by atoms with van der Waals surface area (Å²) < 4.78 is 5.64. The first kappa shape index (κ1) is 15.8. The second-order valence-electron chi connectivity index (χ2n) is 6.34. The van der Waals surface area contributed by atoms with Gasteiger partial charge < -0.3 is 4.74 Å². The van der Waals surface area contributed by atoms with Gasteiger partial charge in [0.05, 0.1) is 11.8 Å². The Morgan fingerprint density at radius 3 is 2.19 bits per heavy atom. The zero-order chi connectivity index (χ0) is 15.6. The van der Waals surface area contributed by atoms with Crippen LogP contribution in [0.25, 0.3) is 11.4 Å². The van der Waals surface area contributed by atoms with Crippen molar-refractivity contribution in [2.75, 3.05) is 0 Å². The van der Waals surface area contributed by atoms with E-state index in [0.717, 1.165) is 17.0 Å². The normalized spacial score (nSPS) is 11.8. The first-order valence-corrected chi connectivity index (χ1v) is 7.45. The van der Waals surface area contributed by atoms with Crippen molar-refractivity contribution in [2.24, 2.45) is 0 Å². The summed E-state index contributed by atoms with van der Waals surface area (Å²) in [5.41, 5.74) is 1.79. The van der Waals surface area contributed by atoms with Gasteiger partial charge in [0.15, 0.2) is 5.82 Å². The standard InChI is InChI=1S/C17H21ClN2O/c1-11(2)21-13-8-6-12(7-9-13)16-19-14(17(3,4)5)10-15(18)20-16/h6-11H,1-5H3. The highest BCUT2D eigenvalue weighted by Crippen LogP contribution is 2.26. The van der Waals surface area contributed by atoms with Crippen molar-refractivity contribution in [3.05, 3.63) is 41.2 Å². The van der Waals surface area contributed by atoms with E-state index in [9.17, 15) is 0 Å². The lowest BCUT2D eigenvalue weighted by atomic mass is 9.92. The van der Waals surface area contributed by atoms with Crippen LogP contribution in [0, 0.1) is 0 Å². The number of rotatable bonds is 3. The highest BCUT2D eigenvalue weighted by molar-refractivity contribution is 6.29. The van der Waals surface area contributed by atoms with E-state index in [1.54, 1.807) is 0 Å². The van der Waals surface area contributed by atoms with Crippen LogP contribution in [0.2, 0.25) is 5.15 Å². The van der Waals surface area contributed by atoms with Crippen molar-refractivity contribution < 1.29 is 4.74 Å². The maximum absolute atomic E-state index is 6.13. The largest absolute Gasteiger partial charge is 0.491 e. The molecule has 1 aromatic carbocycles. The molecule has 112 valence electrons. The molecule has 0 unspecified atom stereocenters. The van der Waals surface area contributed by atoms with Crippen LogP contribution in [0.3, 0.4) is 0 Å². The zero-order valence-electron chi connectivity index (χ0n) is 13.1. The first-order chi connectivity index (χ1) is 9.75. The number of hydrogen-bond acceptors (Lipinski definition) is 3.